The Hall–Kier alpha value is -1.66. The van der Waals surface area contributed by atoms with Crippen molar-refractivity contribution >= 4 is 39.0 Å². The van der Waals surface area contributed by atoms with Crippen molar-refractivity contribution in [1.82, 2.24) is 25.8 Å². The molecule has 4 fully saturated rings. The molecule has 6 atom stereocenters. The summed E-state index contributed by atoms with van der Waals surface area (Å²) in [6.45, 7) is 11.9. The minimum Gasteiger partial charge on any atom is -0.333 e. The molecule has 6 rings (SSSR count). The Labute approximate surface area is 258 Å². The molecule has 3 unspecified atom stereocenters. The Morgan fingerprint density at radius 1 is 1.05 bits per heavy atom. The molecule has 1 saturated carbocycles. The predicted octanol–water partition coefficient (Wildman–Crippen LogP) is 6.37. The number of alkyl halides is 2. The summed E-state index contributed by atoms with van der Waals surface area (Å²) in [6.07, 6.45) is 5.15. The summed E-state index contributed by atoms with van der Waals surface area (Å²) in [5.41, 5.74) is 5.49. The minimum atomic E-state index is -2.48. The number of hydrogen-bond acceptors (Lipinski definition) is 5. The zero-order valence-corrected chi connectivity index (χ0v) is 27.4. The summed E-state index contributed by atoms with van der Waals surface area (Å²) in [5.74, 6) is 0.0275. The standard InChI is InChI=1S/C26H34F3N5O.2C2H6.2H2S/c1-4-22-19-11-9-18(33(22)25(35)15(2)13-16-5-7-17(27)8-6-16)10-12-20(19)23-14-21(24(28)29)30-26-31-32(3)34(23)26;2*1-2;;/h5-8,13-14,18-22,24,26,30-31H,4,9-12H2,1-3H3;2*1-2H3;2*1H2/b15-13+;;;;/t18-,19-,20+,21?,22?,26?;;;;/m1..../s1. The van der Waals surface area contributed by atoms with Gasteiger partial charge >= 0.3 is 0 Å². The molecule has 0 aromatic heterocycles. The van der Waals surface area contributed by atoms with E-state index >= 15 is 0 Å². The first-order chi connectivity index (χ1) is 18.8. The Bertz CT molecular complexity index is 1030. The number of nitrogens with one attached hydrogen (secondary N) is 2. The number of carbonyl (C=O) groups is 1. The van der Waals surface area contributed by atoms with Crippen LogP contribution in [0.15, 0.2) is 41.6 Å². The first-order valence-corrected chi connectivity index (χ1v) is 14.6. The van der Waals surface area contributed by atoms with Crippen molar-refractivity contribution in [2.45, 2.75) is 104 Å². The van der Waals surface area contributed by atoms with Crippen LogP contribution in [0.5, 0.6) is 0 Å². The lowest BCUT2D eigenvalue weighted by atomic mass is 9.76. The highest BCUT2D eigenvalue weighted by atomic mass is 32.1. The summed E-state index contributed by atoms with van der Waals surface area (Å²) in [7, 11) is 1.89. The lowest BCUT2D eigenvalue weighted by molar-refractivity contribution is -0.219. The number of carbonyl (C=O) groups excluding carboxylic acids is 1. The molecular formula is C30H50F3N5OS2. The Morgan fingerprint density at radius 2 is 1.66 bits per heavy atom. The van der Waals surface area contributed by atoms with E-state index in [4.69, 9.17) is 0 Å². The number of amides is 1. The third kappa shape index (κ3) is 7.84. The van der Waals surface area contributed by atoms with Crippen LogP contribution in [0.3, 0.4) is 0 Å². The topological polar surface area (TPSA) is 50.9 Å². The van der Waals surface area contributed by atoms with Gasteiger partial charge in [0, 0.05) is 36.3 Å². The molecule has 4 aliphatic heterocycles. The van der Waals surface area contributed by atoms with Crippen LogP contribution in [0.1, 0.15) is 79.2 Å². The second-order valence-corrected chi connectivity index (χ2v) is 10.2. The molecule has 11 heteroatoms. The van der Waals surface area contributed by atoms with Crippen molar-refractivity contribution in [2.75, 3.05) is 7.05 Å². The number of halogens is 3. The van der Waals surface area contributed by atoms with Gasteiger partial charge in [0.1, 0.15) is 5.82 Å². The number of allylic oxidation sites excluding steroid dienone is 1. The second kappa shape index (κ2) is 16.8. The first kappa shape index (κ1) is 37.4. The van der Waals surface area contributed by atoms with E-state index in [0.29, 0.717) is 5.57 Å². The van der Waals surface area contributed by atoms with Gasteiger partial charge in [-0.2, -0.15) is 32.1 Å². The zero-order chi connectivity index (χ0) is 28.9. The fourth-order valence-electron chi connectivity index (χ4n) is 6.56. The van der Waals surface area contributed by atoms with E-state index < -0.39 is 12.5 Å². The average Bonchev–Trinajstić information content (AvgIpc) is 3.25. The van der Waals surface area contributed by atoms with Gasteiger partial charge in [0.25, 0.3) is 6.43 Å². The van der Waals surface area contributed by atoms with Crippen LogP contribution in [-0.2, 0) is 4.79 Å². The largest absolute Gasteiger partial charge is 0.333 e. The quantitative estimate of drug-likeness (QED) is 0.376. The molecule has 2 N–H and O–H groups in total. The van der Waals surface area contributed by atoms with E-state index in [-0.39, 0.29) is 68.9 Å². The van der Waals surface area contributed by atoms with Crippen molar-refractivity contribution < 1.29 is 18.0 Å². The third-order valence-corrected chi connectivity index (χ3v) is 8.14. The van der Waals surface area contributed by atoms with Crippen molar-refractivity contribution in [3.05, 3.63) is 53.0 Å². The van der Waals surface area contributed by atoms with Crippen LogP contribution in [0.4, 0.5) is 13.2 Å². The molecule has 2 bridgehead atoms. The van der Waals surface area contributed by atoms with E-state index in [1.807, 2.05) is 57.9 Å². The number of hydrogen-bond donors (Lipinski definition) is 2. The summed E-state index contributed by atoms with van der Waals surface area (Å²) in [4.78, 5) is 15.8. The Balaban J connectivity index is 0.00000134. The molecule has 0 radical (unpaired) electrons. The number of rotatable bonds is 5. The molecule has 6 nitrogen and oxygen atoms in total. The van der Waals surface area contributed by atoms with Gasteiger partial charge in [-0.25, -0.2) is 18.6 Å². The number of fused-ring (bicyclic) bond motifs is 5. The molecule has 5 aliphatic rings. The van der Waals surface area contributed by atoms with Crippen LogP contribution in [0.2, 0.25) is 0 Å². The molecule has 0 spiro atoms. The summed E-state index contributed by atoms with van der Waals surface area (Å²) in [5, 5.41) is 6.85. The molecule has 1 aromatic carbocycles. The lowest BCUT2D eigenvalue weighted by Crippen LogP contribution is -2.79. The number of nitrogens with zero attached hydrogens (tertiary/aromatic N) is 3. The van der Waals surface area contributed by atoms with Gasteiger partial charge in [0.15, 0.2) is 6.29 Å². The van der Waals surface area contributed by atoms with Crippen molar-refractivity contribution in [1.29, 1.82) is 0 Å². The second-order valence-electron chi connectivity index (χ2n) is 10.2. The van der Waals surface area contributed by atoms with Crippen LogP contribution < -0.4 is 10.7 Å². The van der Waals surface area contributed by atoms with Crippen LogP contribution >= 0.6 is 27.0 Å². The summed E-state index contributed by atoms with van der Waals surface area (Å²) in [6, 6.07) is 5.32. The molecule has 1 amide bonds. The number of benzene rings is 1. The Morgan fingerprint density at radius 3 is 2.22 bits per heavy atom. The first-order valence-electron chi connectivity index (χ1n) is 14.6. The smallest absolute Gasteiger partial charge is 0.257 e. The third-order valence-electron chi connectivity index (χ3n) is 8.14. The minimum absolute atomic E-state index is 0. The van der Waals surface area contributed by atoms with Gasteiger partial charge in [-0.15, -0.1) is 0 Å². The maximum atomic E-state index is 13.7. The van der Waals surface area contributed by atoms with Gasteiger partial charge in [0.2, 0.25) is 5.91 Å². The normalized spacial score (nSPS) is 28.8. The fourth-order valence-corrected chi connectivity index (χ4v) is 6.56. The fraction of sp³-hybridized carbons (Fsp3) is 0.633. The van der Waals surface area contributed by atoms with Gasteiger partial charge in [-0.1, -0.05) is 46.8 Å². The van der Waals surface area contributed by atoms with E-state index in [9.17, 15) is 18.0 Å². The van der Waals surface area contributed by atoms with Crippen LogP contribution in [0.25, 0.3) is 6.08 Å². The lowest BCUT2D eigenvalue weighted by Gasteiger charge is -2.57. The van der Waals surface area contributed by atoms with Gasteiger partial charge < -0.3 is 4.90 Å². The monoisotopic (exact) mass is 617 g/mol. The van der Waals surface area contributed by atoms with Crippen LogP contribution in [0, 0.1) is 17.7 Å². The maximum Gasteiger partial charge on any atom is 0.257 e. The van der Waals surface area contributed by atoms with Crippen molar-refractivity contribution in [3.63, 3.8) is 0 Å². The Kier molecular flexibility index (Phi) is 15.3. The molecule has 41 heavy (non-hydrogen) atoms. The zero-order valence-electron chi connectivity index (χ0n) is 25.4. The van der Waals surface area contributed by atoms with Gasteiger partial charge in [-0.05, 0) is 74.8 Å². The number of piperidine rings is 1. The van der Waals surface area contributed by atoms with Gasteiger partial charge in [0.05, 0.1) is 6.04 Å². The van der Waals surface area contributed by atoms with E-state index in [0.717, 1.165) is 43.4 Å². The average molecular weight is 618 g/mol. The molecular weight excluding hydrogens is 567 g/mol. The molecule has 3 saturated heterocycles. The predicted molar refractivity (Wildman–Crippen MR) is 171 cm³/mol. The van der Waals surface area contributed by atoms with E-state index in [2.05, 4.69) is 22.6 Å². The van der Waals surface area contributed by atoms with Crippen LogP contribution in [-0.4, -0.2) is 58.8 Å². The molecule has 1 aromatic rings. The van der Waals surface area contributed by atoms with Crippen molar-refractivity contribution in [3.8, 4) is 0 Å². The molecule has 234 valence electrons. The van der Waals surface area contributed by atoms with E-state index in [1.165, 1.54) is 12.1 Å². The molecule has 1 aliphatic carbocycles. The van der Waals surface area contributed by atoms with E-state index in [1.54, 1.807) is 18.2 Å². The maximum absolute atomic E-state index is 13.7. The highest BCUT2D eigenvalue weighted by molar-refractivity contribution is 7.59. The van der Waals surface area contributed by atoms with Crippen molar-refractivity contribution in [2.24, 2.45) is 11.8 Å². The SMILES string of the molecule is CC.CC.CCC1[C@@H]2CC[C@H](CC[C@@H]2C2=CC(C(F)F)NC3NN(C)N23)N1C(=O)/C(C)=C/c1ccc(F)cc1.S.S. The highest BCUT2D eigenvalue weighted by Gasteiger charge is 2.51. The summed E-state index contributed by atoms with van der Waals surface area (Å²) < 4.78 is 40.7. The molecule has 4 heterocycles. The number of hydrazine groups is 2. The highest BCUT2D eigenvalue weighted by Crippen LogP contribution is 2.47. The van der Waals surface area contributed by atoms with Gasteiger partial charge in [-0.3, -0.25) is 15.1 Å². The summed E-state index contributed by atoms with van der Waals surface area (Å²) >= 11 is 0.